The molecular formula is C14H14N2O2. The van der Waals surface area contributed by atoms with Gasteiger partial charge in [-0.2, -0.15) is 4.79 Å². The summed E-state index contributed by atoms with van der Waals surface area (Å²) in [4.78, 5) is 14.4. The SMILES string of the molecule is C/C=C/COC(=O)C(/C=C/c1ccccc1)=[N+]=[N-]. The number of carbonyl (C=O) groups excluding carboxylic acids is 1. The van der Waals surface area contributed by atoms with Crippen LogP contribution in [0.1, 0.15) is 12.5 Å². The lowest BCUT2D eigenvalue weighted by Crippen LogP contribution is -2.16. The van der Waals surface area contributed by atoms with Crippen molar-refractivity contribution in [2.75, 3.05) is 6.61 Å². The molecule has 0 radical (unpaired) electrons. The van der Waals surface area contributed by atoms with Crippen LogP contribution in [0.25, 0.3) is 11.6 Å². The topological polar surface area (TPSA) is 62.7 Å². The van der Waals surface area contributed by atoms with Crippen LogP contribution in [-0.4, -0.2) is 23.1 Å². The van der Waals surface area contributed by atoms with Crippen molar-refractivity contribution in [1.82, 2.24) is 0 Å². The standard InChI is InChI=1S/C14H14N2O2/c1-2-3-11-18-14(17)13(16-15)10-9-12-7-5-4-6-8-12/h2-10H,11H2,1H3/b3-2+,10-9+. The van der Waals surface area contributed by atoms with Crippen molar-refractivity contribution in [3.63, 3.8) is 0 Å². The summed E-state index contributed by atoms with van der Waals surface area (Å²) in [5.41, 5.74) is 9.52. The van der Waals surface area contributed by atoms with Gasteiger partial charge in [-0.1, -0.05) is 42.5 Å². The number of hydrogen-bond donors (Lipinski definition) is 0. The molecule has 0 N–H and O–H groups in total. The second-order valence-electron chi connectivity index (χ2n) is 3.40. The van der Waals surface area contributed by atoms with E-state index in [-0.39, 0.29) is 12.3 Å². The van der Waals surface area contributed by atoms with Gasteiger partial charge >= 0.3 is 11.7 Å². The fourth-order valence-corrected chi connectivity index (χ4v) is 1.18. The zero-order valence-electron chi connectivity index (χ0n) is 10.1. The molecular weight excluding hydrogens is 228 g/mol. The number of allylic oxidation sites excluding steroid dienone is 1. The van der Waals surface area contributed by atoms with Crippen molar-refractivity contribution >= 4 is 17.8 Å². The quantitative estimate of drug-likeness (QED) is 0.262. The number of rotatable bonds is 5. The summed E-state index contributed by atoms with van der Waals surface area (Å²) in [6.07, 6.45) is 6.54. The first-order valence-electron chi connectivity index (χ1n) is 5.51. The predicted octanol–water partition coefficient (Wildman–Crippen LogP) is 2.49. The molecule has 0 bridgehead atoms. The summed E-state index contributed by atoms with van der Waals surface area (Å²) in [5, 5.41) is 0. The lowest BCUT2D eigenvalue weighted by molar-refractivity contribution is -0.138. The molecule has 4 heteroatoms. The zero-order valence-corrected chi connectivity index (χ0v) is 10.1. The first kappa shape index (κ1) is 13.6. The molecule has 1 rings (SSSR count). The van der Waals surface area contributed by atoms with Crippen LogP contribution in [0.4, 0.5) is 0 Å². The minimum Gasteiger partial charge on any atom is -0.453 e. The van der Waals surface area contributed by atoms with E-state index in [1.54, 1.807) is 18.2 Å². The van der Waals surface area contributed by atoms with Crippen molar-refractivity contribution in [3.05, 3.63) is 59.7 Å². The third-order valence-corrected chi connectivity index (χ3v) is 2.10. The van der Waals surface area contributed by atoms with Gasteiger partial charge in [0, 0.05) is 6.08 Å². The Hall–Kier alpha value is -2.45. The van der Waals surface area contributed by atoms with E-state index in [2.05, 4.69) is 4.79 Å². The second kappa shape index (κ2) is 7.76. The van der Waals surface area contributed by atoms with Crippen molar-refractivity contribution in [2.24, 2.45) is 0 Å². The Kier molecular flexibility index (Phi) is 5.87. The molecule has 0 fully saturated rings. The molecule has 0 saturated heterocycles. The monoisotopic (exact) mass is 242 g/mol. The fourth-order valence-electron chi connectivity index (χ4n) is 1.18. The average molecular weight is 242 g/mol. The molecule has 0 unspecified atom stereocenters. The van der Waals surface area contributed by atoms with Crippen LogP contribution in [0.15, 0.2) is 48.6 Å². The van der Waals surface area contributed by atoms with Gasteiger partial charge in [0.25, 0.3) is 0 Å². The molecule has 0 aromatic heterocycles. The molecule has 18 heavy (non-hydrogen) atoms. The van der Waals surface area contributed by atoms with Gasteiger partial charge in [-0.25, -0.2) is 4.79 Å². The Labute approximate surface area is 106 Å². The van der Waals surface area contributed by atoms with Gasteiger partial charge in [0.05, 0.1) is 0 Å². The average Bonchev–Trinajstić information content (AvgIpc) is 2.41. The van der Waals surface area contributed by atoms with E-state index in [0.717, 1.165) is 5.56 Å². The minimum atomic E-state index is -0.664. The Morgan fingerprint density at radius 2 is 2.11 bits per heavy atom. The molecule has 1 aromatic rings. The Bertz CT molecular complexity index is 498. The number of hydrogen-bond acceptors (Lipinski definition) is 2. The molecule has 0 spiro atoms. The largest absolute Gasteiger partial charge is 0.453 e. The molecule has 0 aliphatic carbocycles. The van der Waals surface area contributed by atoms with Crippen molar-refractivity contribution in [2.45, 2.75) is 6.92 Å². The molecule has 0 atom stereocenters. The van der Waals surface area contributed by atoms with Gasteiger partial charge in [-0.3, -0.25) is 0 Å². The summed E-state index contributed by atoms with van der Waals surface area (Å²) >= 11 is 0. The van der Waals surface area contributed by atoms with Crippen molar-refractivity contribution in [1.29, 1.82) is 0 Å². The van der Waals surface area contributed by atoms with Gasteiger partial charge in [-0.05, 0) is 18.6 Å². The summed E-state index contributed by atoms with van der Waals surface area (Å²) in [6, 6.07) is 9.39. The lowest BCUT2D eigenvalue weighted by atomic mass is 10.2. The maximum atomic E-state index is 11.5. The predicted molar refractivity (Wildman–Crippen MR) is 69.9 cm³/mol. The van der Waals surface area contributed by atoms with Crippen LogP contribution in [0.3, 0.4) is 0 Å². The highest BCUT2D eigenvalue weighted by atomic mass is 16.5. The van der Waals surface area contributed by atoms with Crippen LogP contribution in [0, 0.1) is 0 Å². The highest BCUT2D eigenvalue weighted by molar-refractivity contribution is 6.39. The molecule has 0 saturated carbocycles. The third kappa shape index (κ3) is 4.60. The molecule has 0 aliphatic heterocycles. The van der Waals surface area contributed by atoms with Crippen LogP contribution in [-0.2, 0) is 9.53 Å². The summed E-state index contributed by atoms with van der Waals surface area (Å²) in [7, 11) is 0. The minimum absolute atomic E-state index is 0.136. The smallest absolute Gasteiger partial charge is 0.421 e. The maximum absolute atomic E-state index is 11.5. The van der Waals surface area contributed by atoms with Crippen molar-refractivity contribution < 1.29 is 14.3 Å². The molecule has 0 amide bonds. The second-order valence-corrected chi connectivity index (χ2v) is 3.40. The van der Waals surface area contributed by atoms with Crippen molar-refractivity contribution in [3.8, 4) is 0 Å². The fraction of sp³-hybridized carbons (Fsp3) is 0.143. The maximum Gasteiger partial charge on any atom is 0.421 e. The van der Waals surface area contributed by atoms with Crippen LogP contribution in [0.2, 0.25) is 0 Å². The highest BCUT2D eigenvalue weighted by Crippen LogP contribution is 2.01. The van der Waals surface area contributed by atoms with E-state index in [1.807, 2.05) is 37.3 Å². The number of benzene rings is 1. The Morgan fingerprint density at radius 3 is 2.72 bits per heavy atom. The zero-order chi connectivity index (χ0) is 13.2. The molecule has 4 nitrogen and oxygen atoms in total. The number of ether oxygens (including phenoxy) is 1. The van der Waals surface area contributed by atoms with Crippen LogP contribution < -0.4 is 0 Å². The van der Waals surface area contributed by atoms with E-state index in [4.69, 9.17) is 10.3 Å². The van der Waals surface area contributed by atoms with E-state index in [1.165, 1.54) is 6.08 Å². The highest BCUT2D eigenvalue weighted by Gasteiger charge is 2.17. The van der Waals surface area contributed by atoms with E-state index < -0.39 is 5.97 Å². The first-order valence-corrected chi connectivity index (χ1v) is 5.51. The van der Waals surface area contributed by atoms with Crippen LogP contribution in [0.5, 0.6) is 0 Å². The normalized spacial score (nSPS) is 10.5. The van der Waals surface area contributed by atoms with Crippen LogP contribution >= 0.6 is 0 Å². The van der Waals surface area contributed by atoms with Gasteiger partial charge in [-0.15, -0.1) is 0 Å². The first-order chi connectivity index (χ1) is 8.77. The lowest BCUT2D eigenvalue weighted by Gasteiger charge is -1.94. The molecule has 1 aromatic carbocycles. The van der Waals surface area contributed by atoms with Gasteiger partial charge in [0.15, 0.2) is 0 Å². The van der Waals surface area contributed by atoms with E-state index >= 15 is 0 Å². The number of nitrogens with zero attached hydrogens (tertiary/aromatic N) is 2. The van der Waals surface area contributed by atoms with Gasteiger partial charge in [0.1, 0.15) is 6.61 Å². The van der Waals surface area contributed by atoms with E-state index in [0.29, 0.717) is 0 Å². The van der Waals surface area contributed by atoms with Gasteiger partial charge < -0.3 is 10.3 Å². The van der Waals surface area contributed by atoms with Gasteiger partial charge in [0.2, 0.25) is 0 Å². The number of esters is 1. The summed E-state index contributed by atoms with van der Waals surface area (Å²) < 4.78 is 4.86. The Morgan fingerprint density at radius 1 is 1.39 bits per heavy atom. The summed E-state index contributed by atoms with van der Waals surface area (Å²) in [5.74, 6) is -0.664. The third-order valence-electron chi connectivity index (χ3n) is 2.10. The molecule has 0 heterocycles. The Balaban J connectivity index is 2.66. The number of carbonyl (C=O) groups is 1. The molecule has 0 aliphatic rings. The van der Waals surface area contributed by atoms with E-state index in [9.17, 15) is 4.79 Å². The molecule has 92 valence electrons. The summed E-state index contributed by atoms with van der Waals surface area (Å²) in [6.45, 7) is 1.98.